The van der Waals surface area contributed by atoms with Crippen LogP contribution in [-0.4, -0.2) is 17.4 Å². The Bertz CT molecular complexity index is 588. The van der Waals surface area contributed by atoms with Gasteiger partial charge in [0.25, 0.3) is 5.69 Å². The lowest BCUT2D eigenvalue weighted by atomic mass is 10.2. The van der Waals surface area contributed by atoms with E-state index >= 15 is 0 Å². The molecule has 0 N–H and O–H groups in total. The van der Waals surface area contributed by atoms with E-state index in [9.17, 15) is 10.1 Å². The summed E-state index contributed by atoms with van der Waals surface area (Å²) >= 11 is 0. The molecule has 0 saturated heterocycles. The summed E-state index contributed by atoms with van der Waals surface area (Å²) < 4.78 is 5.02. The molecule has 2 rings (SSSR count). The summed E-state index contributed by atoms with van der Waals surface area (Å²) in [6, 6.07) is 9.63. The molecule has 0 radical (unpaired) electrons. The van der Waals surface area contributed by atoms with Crippen molar-refractivity contribution in [3.05, 3.63) is 64.1 Å². The number of non-ortho nitro benzene ring substituents is 1. The van der Waals surface area contributed by atoms with E-state index in [-0.39, 0.29) is 5.69 Å². The molecule has 2 aromatic rings. The van der Waals surface area contributed by atoms with Crippen molar-refractivity contribution >= 4 is 18.1 Å². The number of furan rings is 1. The minimum atomic E-state index is -0.455. The maximum atomic E-state index is 10.6. The molecule has 0 saturated carbocycles. The van der Waals surface area contributed by atoms with Crippen molar-refractivity contribution in [3.63, 3.8) is 0 Å². The molecule has 0 atom stereocenters. The molecule has 1 aromatic heterocycles. The standard InChI is InChI=1S/C12H9N3O3/c16-15(17)11-4-1-3-10(7-11)8-13-14-9-12-5-2-6-18-12/h1-9H/b13-8+,14-9-. The molecule has 0 spiro atoms. The monoisotopic (exact) mass is 243 g/mol. The van der Waals surface area contributed by atoms with E-state index in [0.29, 0.717) is 11.3 Å². The van der Waals surface area contributed by atoms with Crippen molar-refractivity contribution < 1.29 is 9.34 Å². The van der Waals surface area contributed by atoms with Gasteiger partial charge in [-0.2, -0.15) is 10.2 Å². The Morgan fingerprint density at radius 3 is 2.72 bits per heavy atom. The zero-order valence-electron chi connectivity index (χ0n) is 9.26. The van der Waals surface area contributed by atoms with Crippen LogP contribution in [0.2, 0.25) is 0 Å². The second kappa shape index (κ2) is 5.53. The van der Waals surface area contributed by atoms with E-state index in [2.05, 4.69) is 10.2 Å². The van der Waals surface area contributed by atoms with Gasteiger partial charge in [-0.25, -0.2) is 0 Å². The van der Waals surface area contributed by atoms with Crippen LogP contribution in [0.1, 0.15) is 11.3 Å². The van der Waals surface area contributed by atoms with Gasteiger partial charge in [-0.3, -0.25) is 10.1 Å². The Balaban J connectivity index is 2.05. The number of hydrogen-bond acceptors (Lipinski definition) is 5. The molecule has 0 amide bonds. The van der Waals surface area contributed by atoms with E-state index in [4.69, 9.17) is 4.42 Å². The topological polar surface area (TPSA) is 81.0 Å². The van der Waals surface area contributed by atoms with Gasteiger partial charge in [0.05, 0.1) is 23.6 Å². The highest BCUT2D eigenvalue weighted by molar-refractivity contribution is 5.82. The number of nitrogens with zero attached hydrogens (tertiary/aromatic N) is 3. The molecule has 18 heavy (non-hydrogen) atoms. The highest BCUT2D eigenvalue weighted by Crippen LogP contribution is 2.11. The molecular weight excluding hydrogens is 234 g/mol. The summed E-state index contributed by atoms with van der Waals surface area (Å²) in [7, 11) is 0. The first-order chi connectivity index (χ1) is 8.75. The predicted molar refractivity (Wildman–Crippen MR) is 67.0 cm³/mol. The summed E-state index contributed by atoms with van der Waals surface area (Å²) in [6.45, 7) is 0. The van der Waals surface area contributed by atoms with Crippen LogP contribution in [0, 0.1) is 10.1 Å². The lowest BCUT2D eigenvalue weighted by molar-refractivity contribution is -0.384. The normalized spacial score (nSPS) is 11.3. The lowest BCUT2D eigenvalue weighted by Crippen LogP contribution is -1.89. The Hall–Kier alpha value is -2.76. The van der Waals surface area contributed by atoms with E-state index in [1.165, 1.54) is 30.8 Å². The van der Waals surface area contributed by atoms with Crippen LogP contribution >= 0.6 is 0 Å². The molecule has 0 fully saturated rings. The van der Waals surface area contributed by atoms with Crippen molar-refractivity contribution in [2.24, 2.45) is 10.2 Å². The van der Waals surface area contributed by atoms with Gasteiger partial charge in [-0.1, -0.05) is 12.1 Å². The Morgan fingerprint density at radius 2 is 2.00 bits per heavy atom. The molecule has 1 heterocycles. The maximum Gasteiger partial charge on any atom is 0.270 e. The van der Waals surface area contributed by atoms with Crippen molar-refractivity contribution in [2.45, 2.75) is 0 Å². The van der Waals surface area contributed by atoms with Crippen LogP contribution in [0.3, 0.4) is 0 Å². The molecule has 0 unspecified atom stereocenters. The summed E-state index contributed by atoms with van der Waals surface area (Å²) in [6.07, 6.45) is 4.42. The quantitative estimate of drug-likeness (QED) is 0.470. The minimum Gasteiger partial charge on any atom is -0.463 e. The SMILES string of the molecule is O=[N+]([O-])c1cccc(/C=N/N=C\c2ccco2)c1. The molecule has 6 heteroatoms. The summed E-state index contributed by atoms with van der Waals surface area (Å²) in [4.78, 5) is 10.1. The summed E-state index contributed by atoms with van der Waals surface area (Å²) in [5, 5.41) is 18.1. The van der Waals surface area contributed by atoms with Crippen molar-refractivity contribution in [1.82, 2.24) is 0 Å². The van der Waals surface area contributed by atoms with Crippen molar-refractivity contribution in [2.75, 3.05) is 0 Å². The molecule has 1 aromatic carbocycles. The molecular formula is C12H9N3O3. The second-order valence-corrected chi connectivity index (χ2v) is 3.36. The van der Waals surface area contributed by atoms with Crippen molar-refractivity contribution in [3.8, 4) is 0 Å². The van der Waals surface area contributed by atoms with E-state index < -0.39 is 4.92 Å². The number of rotatable bonds is 4. The van der Waals surface area contributed by atoms with Crippen LogP contribution in [0.15, 0.2) is 57.3 Å². The van der Waals surface area contributed by atoms with Crippen LogP contribution in [0.5, 0.6) is 0 Å². The van der Waals surface area contributed by atoms with Gasteiger partial charge in [-0.15, -0.1) is 0 Å². The second-order valence-electron chi connectivity index (χ2n) is 3.36. The van der Waals surface area contributed by atoms with E-state index in [1.807, 2.05) is 0 Å². The molecule has 0 aliphatic rings. The first-order valence-electron chi connectivity index (χ1n) is 5.10. The molecule has 6 nitrogen and oxygen atoms in total. The van der Waals surface area contributed by atoms with Crippen LogP contribution in [-0.2, 0) is 0 Å². The molecule has 90 valence electrons. The van der Waals surface area contributed by atoms with Gasteiger partial charge in [0.1, 0.15) is 5.76 Å². The van der Waals surface area contributed by atoms with E-state index in [1.54, 1.807) is 24.3 Å². The summed E-state index contributed by atoms with van der Waals surface area (Å²) in [5.74, 6) is 0.589. The van der Waals surface area contributed by atoms with Gasteiger partial charge in [0, 0.05) is 17.7 Å². The smallest absolute Gasteiger partial charge is 0.270 e. The van der Waals surface area contributed by atoms with Gasteiger partial charge in [0.15, 0.2) is 0 Å². The van der Waals surface area contributed by atoms with Gasteiger partial charge >= 0.3 is 0 Å². The highest BCUT2D eigenvalue weighted by atomic mass is 16.6. The number of nitro groups is 1. The van der Waals surface area contributed by atoms with Crippen LogP contribution < -0.4 is 0 Å². The van der Waals surface area contributed by atoms with Gasteiger partial charge in [-0.05, 0) is 12.1 Å². The first kappa shape index (κ1) is 11.7. The lowest BCUT2D eigenvalue weighted by Gasteiger charge is -1.92. The van der Waals surface area contributed by atoms with Crippen LogP contribution in [0.25, 0.3) is 0 Å². The van der Waals surface area contributed by atoms with Crippen LogP contribution in [0.4, 0.5) is 5.69 Å². The Morgan fingerprint density at radius 1 is 1.17 bits per heavy atom. The first-order valence-corrected chi connectivity index (χ1v) is 5.10. The fourth-order valence-electron chi connectivity index (χ4n) is 1.27. The largest absolute Gasteiger partial charge is 0.463 e. The molecule has 0 aliphatic heterocycles. The van der Waals surface area contributed by atoms with Gasteiger partial charge < -0.3 is 4.42 Å². The number of nitro benzene ring substituents is 1. The number of hydrogen-bond donors (Lipinski definition) is 0. The third kappa shape index (κ3) is 3.11. The minimum absolute atomic E-state index is 0.0222. The fourth-order valence-corrected chi connectivity index (χ4v) is 1.27. The van der Waals surface area contributed by atoms with Crippen molar-refractivity contribution in [1.29, 1.82) is 0 Å². The predicted octanol–water partition coefficient (Wildman–Crippen LogP) is 2.64. The zero-order valence-corrected chi connectivity index (χ0v) is 9.26. The zero-order chi connectivity index (χ0) is 12.8. The Kier molecular flexibility index (Phi) is 3.60. The third-order valence-corrected chi connectivity index (χ3v) is 2.08. The summed E-state index contributed by atoms with van der Waals surface area (Å²) in [5.41, 5.74) is 0.634. The fraction of sp³-hybridized carbons (Fsp3) is 0. The van der Waals surface area contributed by atoms with E-state index in [0.717, 1.165) is 0 Å². The molecule has 0 bridgehead atoms. The highest BCUT2D eigenvalue weighted by Gasteiger charge is 2.03. The third-order valence-electron chi connectivity index (χ3n) is 2.08. The number of benzene rings is 1. The maximum absolute atomic E-state index is 10.6. The Labute approximate surface area is 102 Å². The van der Waals surface area contributed by atoms with Gasteiger partial charge in [0.2, 0.25) is 0 Å². The average Bonchev–Trinajstić information content (AvgIpc) is 2.88. The average molecular weight is 243 g/mol. The molecule has 0 aliphatic carbocycles.